The van der Waals surface area contributed by atoms with E-state index in [2.05, 4.69) is 10.1 Å². The van der Waals surface area contributed by atoms with Crippen LogP contribution in [-0.4, -0.2) is 23.8 Å². The van der Waals surface area contributed by atoms with Crippen molar-refractivity contribution in [2.75, 3.05) is 13.7 Å². The topological polar surface area (TPSA) is 83.4 Å². The van der Waals surface area contributed by atoms with E-state index in [0.29, 0.717) is 34.8 Å². The van der Waals surface area contributed by atoms with Gasteiger partial charge in [0.2, 0.25) is 11.7 Å². The SMILES string of the molecule is COc1cc(CCN)cc(Cl)c1OCc1noc(C)n1. The molecule has 0 spiro atoms. The fourth-order valence-electron chi connectivity index (χ4n) is 1.76. The third-order valence-corrected chi connectivity index (χ3v) is 2.92. The zero-order valence-electron chi connectivity index (χ0n) is 11.4. The first-order valence-electron chi connectivity index (χ1n) is 6.12. The highest BCUT2D eigenvalue weighted by atomic mass is 35.5. The molecule has 0 radical (unpaired) electrons. The van der Waals surface area contributed by atoms with Gasteiger partial charge in [0.05, 0.1) is 12.1 Å². The van der Waals surface area contributed by atoms with Gasteiger partial charge in [0.1, 0.15) is 0 Å². The van der Waals surface area contributed by atoms with E-state index in [1.807, 2.05) is 12.1 Å². The van der Waals surface area contributed by atoms with Crippen molar-refractivity contribution in [2.45, 2.75) is 20.0 Å². The minimum Gasteiger partial charge on any atom is -0.493 e. The second kappa shape index (κ2) is 6.58. The molecule has 2 aromatic rings. The van der Waals surface area contributed by atoms with E-state index in [1.54, 1.807) is 14.0 Å². The zero-order chi connectivity index (χ0) is 14.5. The van der Waals surface area contributed by atoms with Crippen LogP contribution in [-0.2, 0) is 13.0 Å². The van der Waals surface area contributed by atoms with Crippen LogP contribution in [0.25, 0.3) is 0 Å². The number of nitrogens with zero attached hydrogens (tertiary/aromatic N) is 2. The molecule has 1 heterocycles. The summed E-state index contributed by atoms with van der Waals surface area (Å²) in [4.78, 5) is 4.05. The fourth-order valence-corrected chi connectivity index (χ4v) is 2.05. The van der Waals surface area contributed by atoms with Gasteiger partial charge in [-0.1, -0.05) is 16.8 Å². The van der Waals surface area contributed by atoms with Crippen LogP contribution in [0, 0.1) is 6.92 Å². The minimum absolute atomic E-state index is 0.156. The predicted molar refractivity (Wildman–Crippen MR) is 74.1 cm³/mol. The Bertz CT molecular complexity index is 586. The van der Waals surface area contributed by atoms with E-state index >= 15 is 0 Å². The minimum atomic E-state index is 0.156. The summed E-state index contributed by atoms with van der Waals surface area (Å²) in [6, 6.07) is 3.67. The number of hydrogen-bond donors (Lipinski definition) is 1. The molecule has 7 heteroatoms. The Hall–Kier alpha value is -1.79. The number of hydrogen-bond acceptors (Lipinski definition) is 6. The third-order valence-electron chi connectivity index (χ3n) is 2.64. The first-order valence-corrected chi connectivity index (χ1v) is 6.50. The van der Waals surface area contributed by atoms with Gasteiger partial charge in [0.15, 0.2) is 18.1 Å². The smallest absolute Gasteiger partial charge is 0.223 e. The number of halogens is 1. The normalized spacial score (nSPS) is 10.6. The summed E-state index contributed by atoms with van der Waals surface area (Å²) < 4.78 is 15.8. The molecule has 0 fully saturated rings. The lowest BCUT2D eigenvalue weighted by Gasteiger charge is -2.13. The highest BCUT2D eigenvalue weighted by molar-refractivity contribution is 6.32. The van der Waals surface area contributed by atoms with Gasteiger partial charge in [-0.25, -0.2) is 0 Å². The Kier molecular flexibility index (Phi) is 4.81. The highest BCUT2D eigenvalue weighted by Crippen LogP contribution is 2.36. The van der Waals surface area contributed by atoms with E-state index in [1.165, 1.54) is 0 Å². The molecule has 0 amide bonds. The maximum absolute atomic E-state index is 6.21. The second-order valence-electron chi connectivity index (χ2n) is 4.17. The number of aryl methyl sites for hydroxylation is 1. The molecule has 2 N–H and O–H groups in total. The van der Waals surface area contributed by atoms with Crippen LogP contribution in [0.1, 0.15) is 17.3 Å². The van der Waals surface area contributed by atoms with Crippen molar-refractivity contribution in [1.82, 2.24) is 10.1 Å². The van der Waals surface area contributed by atoms with Crippen LogP contribution >= 0.6 is 11.6 Å². The van der Waals surface area contributed by atoms with Crippen molar-refractivity contribution < 1.29 is 14.0 Å². The molecule has 0 aliphatic carbocycles. The van der Waals surface area contributed by atoms with Gasteiger partial charge in [0, 0.05) is 6.92 Å². The van der Waals surface area contributed by atoms with Crippen molar-refractivity contribution in [3.05, 3.63) is 34.4 Å². The lowest BCUT2D eigenvalue weighted by molar-refractivity contribution is 0.269. The Labute approximate surface area is 121 Å². The maximum atomic E-state index is 6.21. The zero-order valence-corrected chi connectivity index (χ0v) is 12.1. The lowest BCUT2D eigenvalue weighted by atomic mass is 10.1. The summed E-state index contributed by atoms with van der Waals surface area (Å²) in [5, 5.41) is 4.22. The Balaban J connectivity index is 2.17. The van der Waals surface area contributed by atoms with Crippen LogP contribution in [0.15, 0.2) is 16.7 Å². The van der Waals surface area contributed by atoms with E-state index in [4.69, 9.17) is 31.3 Å². The van der Waals surface area contributed by atoms with E-state index < -0.39 is 0 Å². The number of rotatable bonds is 6. The van der Waals surface area contributed by atoms with Crippen LogP contribution < -0.4 is 15.2 Å². The molecule has 0 aliphatic heterocycles. The molecule has 0 saturated carbocycles. The second-order valence-corrected chi connectivity index (χ2v) is 4.57. The molecule has 1 aromatic carbocycles. The van der Waals surface area contributed by atoms with Gasteiger partial charge in [-0.05, 0) is 30.7 Å². The molecule has 0 atom stereocenters. The van der Waals surface area contributed by atoms with Gasteiger partial charge in [-0.15, -0.1) is 0 Å². The van der Waals surface area contributed by atoms with E-state index in [9.17, 15) is 0 Å². The van der Waals surface area contributed by atoms with Gasteiger partial charge in [0.25, 0.3) is 0 Å². The standard InChI is InChI=1S/C13H16ClN3O3/c1-8-16-12(17-20-8)7-19-13-10(14)5-9(3-4-15)6-11(13)18-2/h5-6H,3-4,7,15H2,1-2H3. The van der Waals surface area contributed by atoms with Gasteiger partial charge < -0.3 is 19.7 Å². The molecule has 6 nitrogen and oxygen atoms in total. The van der Waals surface area contributed by atoms with Gasteiger partial charge in [-0.3, -0.25) is 0 Å². The monoisotopic (exact) mass is 297 g/mol. The number of nitrogens with two attached hydrogens (primary N) is 1. The van der Waals surface area contributed by atoms with Gasteiger partial charge in [-0.2, -0.15) is 4.98 Å². The van der Waals surface area contributed by atoms with Crippen molar-refractivity contribution in [1.29, 1.82) is 0 Å². The lowest BCUT2D eigenvalue weighted by Crippen LogP contribution is -2.04. The molecule has 0 bridgehead atoms. The maximum Gasteiger partial charge on any atom is 0.223 e. The first-order chi connectivity index (χ1) is 9.63. The van der Waals surface area contributed by atoms with Crippen LogP contribution in [0.5, 0.6) is 11.5 Å². The average Bonchev–Trinajstić information content (AvgIpc) is 2.83. The molecule has 0 aliphatic rings. The van der Waals surface area contributed by atoms with Crippen molar-refractivity contribution in [2.24, 2.45) is 5.73 Å². The van der Waals surface area contributed by atoms with Crippen LogP contribution in [0.4, 0.5) is 0 Å². The third kappa shape index (κ3) is 3.40. The Morgan fingerprint density at radius 3 is 2.80 bits per heavy atom. The summed E-state index contributed by atoms with van der Waals surface area (Å²) in [6.07, 6.45) is 0.723. The molecular formula is C13H16ClN3O3. The van der Waals surface area contributed by atoms with Crippen molar-refractivity contribution in [3.8, 4) is 11.5 Å². The molecular weight excluding hydrogens is 282 g/mol. The number of aromatic nitrogens is 2. The van der Waals surface area contributed by atoms with E-state index in [-0.39, 0.29) is 6.61 Å². The molecule has 2 rings (SSSR count). The molecule has 20 heavy (non-hydrogen) atoms. The quantitative estimate of drug-likeness (QED) is 0.879. The van der Waals surface area contributed by atoms with Crippen LogP contribution in [0.2, 0.25) is 5.02 Å². The summed E-state index contributed by atoms with van der Waals surface area (Å²) in [6.45, 7) is 2.41. The fraction of sp³-hybridized carbons (Fsp3) is 0.385. The van der Waals surface area contributed by atoms with Crippen LogP contribution in [0.3, 0.4) is 0 Å². The molecule has 0 saturated heterocycles. The first kappa shape index (κ1) is 14.6. The molecule has 1 aromatic heterocycles. The number of ether oxygens (including phenoxy) is 2. The van der Waals surface area contributed by atoms with Gasteiger partial charge >= 0.3 is 0 Å². The Morgan fingerprint density at radius 2 is 2.20 bits per heavy atom. The summed E-state index contributed by atoms with van der Waals surface area (Å²) in [5.74, 6) is 1.95. The number of methoxy groups -OCH3 is 1. The highest BCUT2D eigenvalue weighted by Gasteiger charge is 2.13. The number of benzene rings is 1. The molecule has 108 valence electrons. The largest absolute Gasteiger partial charge is 0.493 e. The summed E-state index contributed by atoms with van der Waals surface area (Å²) >= 11 is 6.21. The van der Waals surface area contributed by atoms with Crippen molar-refractivity contribution >= 4 is 11.6 Å². The summed E-state index contributed by atoms with van der Waals surface area (Å²) in [5.41, 5.74) is 6.53. The van der Waals surface area contributed by atoms with Crippen molar-refractivity contribution in [3.63, 3.8) is 0 Å². The predicted octanol–water partition coefficient (Wildman–Crippen LogP) is 2.12. The van der Waals surface area contributed by atoms with E-state index in [0.717, 1.165) is 12.0 Å². The molecule has 0 unspecified atom stereocenters. The summed E-state index contributed by atoms with van der Waals surface area (Å²) in [7, 11) is 1.56. The Morgan fingerprint density at radius 1 is 1.40 bits per heavy atom. The average molecular weight is 298 g/mol.